The molecule has 1 N–H and O–H groups in total. The predicted molar refractivity (Wildman–Crippen MR) is 94.4 cm³/mol. The maximum Gasteiger partial charge on any atom is 0.340 e. The van der Waals surface area contributed by atoms with E-state index in [1.165, 1.54) is 18.4 Å². The fourth-order valence-corrected chi connectivity index (χ4v) is 3.79. The number of carbonyl (C=O) groups is 1. The number of rotatable bonds is 5. The summed E-state index contributed by atoms with van der Waals surface area (Å²) in [4.78, 5) is 14.8. The van der Waals surface area contributed by atoms with E-state index < -0.39 is 0 Å². The van der Waals surface area contributed by atoms with Gasteiger partial charge in [-0.25, -0.2) is 4.79 Å². The van der Waals surface area contributed by atoms with Gasteiger partial charge in [-0.05, 0) is 43.1 Å². The number of methoxy groups -OCH3 is 1. The van der Waals surface area contributed by atoms with Gasteiger partial charge in [0, 0.05) is 43.7 Å². The number of ether oxygens (including phenoxy) is 1. The third kappa shape index (κ3) is 2.82. The van der Waals surface area contributed by atoms with Crippen LogP contribution in [0, 0.1) is 6.92 Å². The Hall–Kier alpha value is -1.85. The maximum atomic E-state index is 12.3. The first-order chi connectivity index (χ1) is 11.6. The molecule has 0 bridgehead atoms. The minimum atomic E-state index is -0.295. The molecule has 1 aromatic carbocycles. The normalized spacial score (nSPS) is 14.8. The zero-order valence-corrected chi connectivity index (χ0v) is 14.8. The second-order valence-electron chi connectivity index (χ2n) is 6.47. The molecule has 2 aromatic rings. The van der Waals surface area contributed by atoms with Gasteiger partial charge in [0.15, 0.2) is 0 Å². The molecule has 5 nitrogen and oxygen atoms in total. The molecule has 3 rings (SSSR count). The van der Waals surface area contributed by atoms with E-state index in [4.69, 9.17) is 4.74 Å². The zero-order valence-electron chi connectivity index (χ0n) is 14.8. The first-order valence-electron chi connectivity index (χ1n) is 8.66. The number of fused-ring (bicyclic) bond motifs is 3. The van der Waals surface area contributed by atoms with Gasteiger partial charge in [0.1, 0.15) is 0 Å². The van der Waals surface area contributed by atoms with E-state index in [2.05, 4.69) is 22.5 Å². The minimum absolute atomic E-state index is 0.148. The monoisotopic (exact) mass is 330 g/mol. The van der Waals surface area contributed by atoms with Crippen LogP contribution in [0.5, 0.6) is 0 Å². The summed E-state index contributed by atoms with van der Waals surface area (Å²) >= 11 is 0. The van der Waals surface area contributed by atoms with Gasteiger partial charge in [-0.3, -0.25) is 4.90 Å². The van der Waals surface area contributed by atoms with Gasteiger partial charge in [-0.15, -0.1) is 0 Å². The predicted octanol–water partition coefficient (Wildman–Crippen LogP) is 2.50. The number of aliphatic hydroxyl groups is 1. The zero-order chi connectivity index (χ0) is 17.3. The van der Waals surface area contributed by atoms with Crippen LogP contribution in [0.4, 0.5) is 0 Å². The standard InChI is InChI=1S/C19H26N2O3/c1-4-20-8-6-17-16(12-20)14-10-13(2)11-15(19(23)24-3)18(14)21(17)7-5-9-22/h10-11,22H,4-9,12H2,1-3H3. The molecule has 24 heavy (non-hydrogen) atoms. The van der Waals surface area contributed by atoms with Crippen molar-refractivity contribution in [1.82, 2.24) is 9.47 Å². The highest BCUT2D eigenvalue weighted by atomic mass is 16.5. The first-order valence-corrected chi connectivity index (χ1v) is 8.66. The Kier molecular flexibility index (Phi) is 4.92. The number of benzene rings is 1. The maximum absolute atomic E-state index is 12.3. The molecule has 0 radical (unpaired) electrons. The number of carbonyl (C=O) groups excluding carboxylic acids is 1. The summed E-state index contributed by atoms with van der Waals surface area (Å²) < 4.78 is 7.26. The first kappa shape index (κ1) is 17.0. The van der Waals surface area contributed by atoms with Gasteiger partial charge in [-0.2, -0.15) is 0 Å². The van der Waals surface area contributed by atoms with E-state index in [1.54, 1.807) is 0 Å². The molecule has 0 aliphatic carbocycles. The van der Waals surface area contributed by atoms with Crippen LogP contribution in [-0.2, 0) is 24.2 Å². The van der Waals surface area contributed by atoms with Crippen molar-refractivity contribution in [2.75, 3.05) is 26.8 Å². The largest absolute Gasteiger partial charge is 0.465 e. The second kappa shape index (κ2) is 6.95. The summed E-state index contributed by atoms with van der Waals surface area (Å²) in [6.07, 6.45) is 1.66. The molecule has 0 fully saturated rings. The van der Waals surface area contributed by atoms with Crippen molar-refractivity contribution in [3.05, 3.63) is 34.5 Å². The third-order valence-electron chi connectivity index (χ3n) is 4.96. The van der Waals surface area contributed by atoms with E-state index in [1.807, 2.05) is 13.0 Å². The molecular formula is C19H26N2O3. The van der Waals surface area contributed by atoms with E-state index in [-0.39, 0.29) is 12.6 Å². The molecule has 0 amide bonds. The summed E-state index contributed by atoms with van der Waals surface area (Å²) in [5.41, 5.74) is 5.29. The fraction of sp³-hybridized carbons (Fsp3) is 0.526. The molecule has 0 spiro atoms. The number of hydrogen-bond acceptors (Lipinski definition) is 4. The second-order valence-corrected chi connectivity index (χ2v) is 6.47. The number of likely N-dealkylation sites (N-methyl/N-ethyl adjacent to an activating group) is 1. The van der Waals surface area contributed by atoms with Gasteiger partial charge in [0.2, 0.25) is 0 Å². The molecular weight excluding hydrogens is 304 g/mol. The smallest absolute Gasteiger partial charge is 0.340 e. The van der Waals surface area contributed by atoms with Crippen LogP contribution >= 0.6 is 0 Å². The Bertz CT molecular complexity index is 764. The highest BCUT2D eigenvalue weighted by Crippen LogP contribution is 2.34. The molecule has 0 saturated carbocycles. The topological polar surface area (TPSA) is 54.7 Å². The van der Waals surface area contributed by atoms with Crippen LogP contribution in [0.1, 0.15) is 40.5 Å². The van der Waals surface area contributed by atoms with Crippen molar-refractivity contribution in [1.29, 1.82) is 0 Å². The molecule has 2 heterocycles. The average Bonchev–Trinajstić information content (AvgIpc) is 2.91. The Morgan fingerprint density at radius 3 is 2.83 bits per heavy atom. The lowest BCUT2D eigenvalue weighted by atomic mass is 10.0. The van der Waals surface area contributed by atoms with Crippen molar-refractivity contribution in [3.63, 3.8) is 0 Å². The number of esters is 1. The van der Waals surface area contributed by atoms with E-state index >= 15 is 0 Å². The summed E-state index contributed by atoms with van der Waals surface area (Å²) in [5.74, 6) is -0.295. The number of aryl methyl sites for hydroxylation is 2. The van der Waals surface area contributed by atoms with E-state index in [0.717, 1.165) is 49.1 Å². The van der Waals surface area contributed by atoms with Crippen molar-refractivity contribution >= 4 is 16.9 Å². The summed E-state index contributed by atoms with van der Waals surface area (Å²) in [6, 6.07) is 4.09. The van der Waals surface area contributed by atoms with Crippen LogP contribution in [0.15, 0.2) is 12.1 Å². The lowest BCUT2D eigenvalue weighted by Gasteiger charge is -2.26. The highest BCUT2D eigenvalue weighted by Gasteiger charge is 2.26. The van der Waals surface area contributed by atoms with Crippen LogP contribution in [-0.4, -0.2) is 47.3 Å². The molecule has 0 atom stereocenters. The Morgan fingerprint density at radius 1 is 1.38 bits per heavy atom. The van der Waals surface area contributed by atoms with Crippen molar-refractivity contribution in [2.45, 2.75) is 39.8 Å². The highest BCUT2D eigenvalue weighted by molar-refractivity contribution is 6.05. The Labute approximate surface area is 142 Å². The SMILES string of the molecule is CCN1CCc2c(c3cc(C)cc(C(=O)OC)c3n2CCCO)C1. The molecule has 5 heteroatoms. The summed E-state index contributed by atoms with van der Waals surface area (Å²) in [6.45, 7) is 8.05. The van der Waals surface area contributed by atoms with Crippen LogP contribution in [0.25, 0.3) is 10.9 Å². The quantitative estimate of drug-likeness (QED) is 0.856. The molecule has 1 aromatic heterocycles. The lowest BCUT2D eigenvalue weighted by Crippen LogP contribution is -2.30. The van der Waals surface area contributed by atoms with Gasteiger partial charge in [-0.1, -0.05) is 6.92 Å². The van der Waals surface area contributed by atoms with Gasteiger partial charge in [0.25, 0.3) is 0 Å². The Balaban J connectivity index is 2.27. The number of nitrogens with zero attached hydrogens (tertiary/aromatic N) is 2. The third-order valence-corrected chi connectivity index (χ3v) is 4.96. The fourth-order valence-electron chi connectivity index (χ4n) is 3.79. The van der Waals surface area contributed by atoms with E-state index in [9.17, 15) is 9.90 Å². The van der Waals surface area contributed by atoms with Gasteiger partial charge < -0.3 is 14.4 Å². The average molecular weight is 330 g/mol. The van der Waals surface area contributed by atoms with Gasteiger partial charge >= 0.3 is 5.97 Å². The van der Waals surface area contributed by atoms with Crippen LogP contribution in [0.3, 0.4) is 0 Å². The van der Waals surface area contributed by atoms with Crippen LogP contribution < -0.4 is 0 Å². The minimum Gasteiger partial charge on any atom is -0.465 e. The summed E-state index contributed by atoms with van der Waals surface area (Å²) in [5, 5.41) is 10.4. The van der Waals surface area contributed by atoms with Gasteiger partial charge in [0.05, 0.1) is 18.2 Å². The molecule has 1 aliphatic heterocycles. The van der Waals surface area contributed by atoms with Crippen molar-refractivity contribution in [2.24, 2.45) is 0 Å². The molecule has 0 unspecified atom stereocenters. The molecule has 130 valence electrons. The molecule has 0 saturated heterocycles. The number of hydrogen-bond donors (Lipinski definition) is 1. The lowest BCUT2D eigenvalue weighted by molar-refractivity contribution is 0.0602. The number of aromatic nitrogens is 1. The molecule has 1 aliphatic rings. The Morgan fingerprint density at radius 2 is 2.17 bits per heavy atom. The van der Waals surface area contributed by atoms with Crippen molar-refractivity contribution in [3.8, 4) is 0 Å². The van der Waals surface area contributed by atoms with Crippen LogP contribution in [0.2, 0.25) is 0 Å². The van der Waals surface area contributed by atoms with E-state index in [0.29, 0.717) is 12.0 Å². The summed E-state index contributed by atoms with van der Waals surface area (Å²) in [7, 11) is 1.43. The van der Waals surface area contributed by atoms with Crippen molar-refractivity contribution < 1.29 is 14.6 Å². The number of aliphatic hydroxyl groups excluding tert-OH is 1.